The Morgan fingerprint density at radius 1 is 1.12 bits per heavy atom. The van der Waals surface area contributed by atoms with E-state index in [9.17, 15) is 24.5 Å². The predicted molar refractivity (Wildman–Crippen MR) is 124 cm³/mol. The van der Waals surface area contributed by atoms with Crippen LogP contribution in [-0.4, -0.2) is 46.0 Å². The first-order chi connectivity index (χ1) is 16.3. The topological polar surface area (TPSA) is 125 Å². The maximum Gasteiger partial charge on any atom is 0.271 e. The van der Waals surface area contributed by atoms with Gasteiger partial charge < -0.3 is 5.32 Å². The number of nitro benzene ring substituents is 1. The normalized spacial score (nSPS) is 24.9. The van der Waals surface area contributed by atoms with Gasteiger partial charge in [0.2, 0.25) is 17.7 Å². The largest absolute Gasteiger partial charge is 0.324 e. The minimum atomic E-state index is -1.05. The predicted octanol–water partition coefficient (Wildman–Crippen LogP) is 2.91. The standard InChI is InChI=1S/C23H18ClN5O5/c1-12-4-9-15(29(33)34)11-17(12)27-22(31)18-16-3-2-10-25-28(16)20(19(18)23(27)32)21(30)26-14-7-5-13(24)6-8-14/h2-11,16,18-20H,1H3,(H,26,30). The van der Waals surface area contributed by atoms with E-state index in [0.29, 0.717) is 16.3 Å². The first-order valence-electron chi connectivity index (χ1n) is 10.5. The molecule has 172 valence electrons. The summed E-state index contributed by atoms with van der Waals surface area (Å²) in [5.41, 5.74) is 0.918. The number of allylic oxidation sites excluding steroid dienone is 1. The van der Waals surface area contributed by atoms with E-state index in [-0.39, 0.29) is 11.4 Å². The Bertz CT molecular complexity index is 1290. The highest BCUT2D eigenvalue weighted by atomic mass is 35.5. The zero-order valence-corrected chi connectivity index (χ0v) is 18.5. The lowest BCUT2D eigenvalue weighted by Crippen LogP contribution is -2.47. The molecule has 0 aliphatic carbocycles. The van der Waals surface area contributed by atoms with E-state index in [1.54, 1.807) is 43.3 Å². The van der Waals surface area contributed by atoms with Crippen LogP contribution < -0.4 is 10.2 Å². The number of benzene rings is 2. The second kappa shape index (κ2) is 8.07. The Labute approximate surface area is 198 Å². The first kappa shape index (κ1) is 21.8. The van der Waals surface area contributed by atoms with Crippen LogP contribution in [0.4, 0.5) is 17.1 Å². The number of hydrazone groups is 1. The Morgan fingerprint density at radius 3 is 2.53 bits per heavy atom. The summed E-state index contributed by atoms with van der Waals surface area (Å²) in [5, 5.41) is 20.3. The fraction of sp³-hybridized carbons (Fsp3) is 0.217. The van der Waals surface area contributed by atoms with Crippen molar-refractivity contribution in [2.75, 3.05) is 10.2 Å². The number of aryl methyl sites for hydroxylation is 1. The second-order valence-corrected chi connectivity index (χ2v) is 8.69. The van der Waals surface area contributed by atoms with Crippen molar-refractivity contribution in [3.63, 3.8) is 0 Å². The van der Waals surface area contributed by atoms with Gasteiger partial charge in [-0.25, -0.2) is 4.90 Å². The third kappa shape index (κ3) is 3.34. The van der Waals surface area contributed by atoms with Crippen molar-refractivity contribution in [1.29, 1.82) is 0 Å². The lowest BCUT2D eigenvalue weighted by atomic mass is 9.88. The smallest absolute Gasteiger partial charge is 0.271 e. The summed E-state index contributed by atoms with van der Waals surface area (Å²) in [6.45, 7) is 1.66. The van der Waals surface area contributed by atoms with Crippen molar-refractivity contribution < 1.29 is 19.3 Å². The number of imide groups is 1. The molecule has 3 heterocycles. The number of carbonyl (C=O) groups excluding carboxylic acids is 3. The summed E-state index contributed by atoms with van der Waals surface area (Å²) in [6, 6.07) is 8.86. The van der Waals surface area contributed by atoms with Gasteiger partial charge in [-0.1, -0.05) is 23.7 Å². The van der Waals surface area contributed by atoms with Crippen LogP contribution in [0.2, 0.25) is 5.02 Å². The number of amides is 3. The molecule has 0 bridgehead atoms. The Morgan fingerprint density at radius 2 is 1.82 bits per heavy atom. The van der Waals surface area contributed by atoms with Gasteiger partial charge in [0.15, 0.2) is 0 Å². The van der Waals surface area contributed by atoms with Gasteiger partial charge in [0.05, 0.1) is 28.5 Å². The van der Waals surface area contributed by atoms with Crippen LogP contribution in [0.1, 0.15) is 5.56 Å². The molecule has 4 atom stereocenters. The van der Waals surface area contributed by atoms with Crippen LogP contribution in [-0.2, 0) is 14.4 Å². The molecule has 2 fully saturated rings. The number of hydrogen-bond acceptors (Lipinski definition) is 7. The van der Waals surface area contributed by atoms with E-state index in [4.69, 9.17) is 11.6 Å². The van der Waals surface area contributed by atoms with Gasteiger partial charge in [-0.05, 0) is 42.8 Å². The summed E-state index contributed by atoms with van der Waals surface area (Å²) < 4.78 is 0. The summed E-state index contributed by atoms with van der Waals surface area (Å²) in [6.07, 6.45) is 4.89. The van der Waals surface area contributed by atoms with Gasteiger partial charge >= 0.3 is 0 Å². The maximum absolute atomic E-state index is 13.6. The summed E-state index contributed by atoms with van der Waals surface area (Å²) in [7, 11) is 0. The number of hydrogen-bond donors (Lipinski definition) is 1. The molecule has 34 heavy (non-hydrogen) atoms. The molecule has 0 aromatic heterocycles. The van der Waals surface area contributed by atoms with Crippen LogP contribution in [0.15, 0.2) is 59.7 Å². The number of non-ortho nitro benzene ring substituents is 1. The number of carbonyl (C=O) groups is 3. The lowest BCUT2D eigenvalue weighted by Gasteiger charge is -2.30. The molecule has 3 aliphatic heterocycles. The third-order valence-electron chi connectivity index (χ3n) is 6.32. The number of nitro groups is 1. The van der Waals surface area contributed by atoms with Crippen molar-refractivity contribution in [2.24, 2.45) is 16.9 Å². The summed E-state index contributed by atoms with van der Waals surface area (Å²) in [4.78, 5) is 52.2. The van der Waals surface area contributed by atoms with E-state index in [1.165, 1.54) is 29.4 Å². The van der Waals surface area contributed by atoms with E-state index in [1.807, 2.05) is 0 Å². The highest BCUT2D eigenvalue weighted by Gasteiger charge is 2.64. The molecule has 0 spiro atoms. The van der Waals surface area contributed by atoms with E-state index >= 15 is 0 Å². The number of nitrogens with one attached hydrogen (secondary N) is 1. The second-order valence-electron chi connectivity index (χ2n) is 8.25. The van der Waals surface area contributed by atoms with Crippen molar-refractivity contribution in [1.82, 2.24) is 5.01 Å². The van der Waals surface area contributed by atoms with E-state index < -0.39 is 46.6 Å². The van der Waals surface area contributed by atoms with Crippen LogP contribution in [0, 0.1) is 28.9 Å². The fourth-order valence-electron chi connectivity index (χ4n) is 4.78. The highest BCUT2D eigenvalue weighted by Crippen LogP contribution is 2.46. The molecule has 0 radical (unpaired) electrons. The summed E-state index contributed by atoms with van der Waals surface area (Å²) >= 11 is 5.91. The number of nitrogens with zero attached hydrogens (tertiary/aromatic N) is 4. The quantitative estimate of drug-likeness (QED) is 0.408. The van der Waals surface area contributed by atoms with Crippen molar-refractivity contribution in [2.45, 2.75) is 19.0 Å². The molecular weight excluding hydrogens is 462 g/mol. The monoisotopic (exact) mass is 479 g/mol. The molecule has 4 unspecified atom stereocenters. The van der Waals surface area contributed by atoms with Gasteiger partial charge in [0.1, 0.15) is 6.04 Å². The van der Waals surface area contributed by atoms with Crippen molar-refractivity contribution in [3.05, 3.63) is 75.3 Å². The Kier molecular flexibility index (Phi) is 5.17. The van der Waals surface area contributed by atoms with Crippen LogP contribution in [0.3, 0.4) is 0 Å². The molecule has 0 saturated carbocycles. The molecule has 11 heteroatoms. The van der Waals surface area contributed by atoms with Crippen LogP contribution in [0.25, 0.3) is 0 Å². The Hall–Kier alpha value is -4.05. The molecular formula is C23H18ClN5O5. The molecule has 1 N–H and O–H groups in total. The van der Waals surface area contributed by atoms with Gasteiger partial charge in [0, 0.05) is 29.1 Å². The zero-order chi connectivity index (χ0) is 24.1. The van der Waals surface area contributed by atoms with Crippen molar-refractivity contribution >= 4 is 52.6 Å². The third-order valence-corrected chi connectivity index (χ3v) is 6.57. The molecule has 3 amide bonds. The van der Waals surface area contributed by atoms with Crippen LogP contribution in [0.5, 0.6) is 0 Å². The zero-order valence-electron chi connectivity index (χ0n) is 17.8. The summed E-state index contributed by atoms with van der Waals surface area (Å²) in [5.74, 6) is -3.47. The number of fused-ring (bicyclic) bond motifs is 3. The highest BCUT2D eigenvalue weighted by molar-refractivity contribution is 6.30. The van der Waals surface area contributed by atoms with Gasteiger partial charge in [0.25, 0.3) is 5.69 Å². The maximum atomic E-state index is 13.6. The average molecular weight is 480 g/mol. The van der Waals surface area contributed by atoms with E-state index in [2.05, 4.69) is 10.4 Å². The molecule has 5 rings (SSSR count). The number of rotatable bonds is 4. The van der Waals surface area contributed by atoms with Gasteiger partial charge in [-0.3, -0.25) is 29.5 Å². The molecule has 2 saturated heterocycles. The molecule has 3 aliphatic rings. The van der Waals surface area contributed by atoms with Gasteiger partial charge in [-0.15, -0.1) is 0 Å². The number of anilines is 2. The fourth-order valence-corrected chi connectivity index (χ4v) is 4.90. The minimum absolute atomic E-state index is 0.144. The SMILES string of the molecule is Cc1ccc([N+](=O)[O-])cc1N1C(=O)C2C(C1=O)C(C(=O)Nc1ccc(Cl)cc1)N1N=CC=CC21. The average Bonchev–Trinajstić information content (AvgIpc) is 3.28. The molecule has 2 aromatic carbocycles. The first-order valence-corrected chi connectivity index (χ1v) is 10.8. The number of halogens is 1. The lowest BCUT2D eigenvalue weighted by molar-refractivity contribution is -0.384. The molecule has 10 nitrogen and oxygen atoms in total. The van der Waals surface area contributed by atoms with E-state index in [0.717, 1.165) is 4.90 Å². The van der Waals surface area contributed by atoms with Crippen molar-refractivity contribution in [3.8, 4) is 0 Å². The molecule has 2 aromatic rings. The van der Waals surface area contributed by atoms with Crippen LogP contribution >= 0.6 is 11.6 Å². The van der Waals surface area contributed by atoms with Gasteiger partial charge in [-0.2, -0.15) is 5.10 Å². The Balaban J connectivity index is 1.53. The minimum Gasteiger partial charge on any atom is -0.324 e.